The number of carbonyl (C=O) groups is 1. The minimum absolute atomic E-state index is 0.0762. The molecule has 0 saturated heterocycles. The van der Waals surface area contributed by atoms with Crippen LogP contribution in [0.4, 0.5) is 4.39 Å². The second-order valence-corrected chi connectivity index (χ2v) is 7.48. The van der Waals surface area contributed by atoms with Crippen molar-refractivity contribution in [3.05, 3.63) is 53.3 Å². The van der Waals surface area contributed by atoms with Gasteiger partial charge in [-0.1, -0.05) is 25.0 Å². The van der Waals surface area contributed by atoms with Crippen LogP contribution >= 0.6 is 0 Å². The lowest BCUT2D eigenvalue weighted by atomic mass is 9.78. The van der Waals surface area contributed by atoms with E-state index < -0.39 is 0 Å². The van der Waals surface area contributed by atoms with E-state index in [4.69, 9.17) is 14.2 Å². The van der Waals surface area contributed by atoms with Crippen LogP contribution in [-0.2, 0) is 16.6 Å². The fourth-order valence-corrected chi connectivity index (χ4v) is 4.18. The second kappa shape index (κ2) is 9.16. The van der Waals surface area contributed by atoms with Gasteiger partial charge in [0.25, 0.3) is 0 Å². The predicted octanol–water partition coefficient (Wildman–Crippen LogP) is 4.02. The molecule has 0 unspecified atom stereocenters. The number of nitrogens with one attached hydrogen (secondary N) is 1. The third-order valence-electron chi connectivity index (χ3n) is 5.73. The van der Waals surface area contributed by atoms with Crippen LogP contribution in [0, 0.1) is 5.82 Å². The Hall–Kier alpha value is -2.76. The van der Waals surface area contributed by atoms with Gasteiger partial charge in [0.2, 0.25) is 11.7 Å². The van der Waals surface area contributed by atoms with E-state index in [1.807, 2.05) is 12.1 Å². The van der Waals surface area contributed by atoms with E-state index in [1.54, 1.807) is 33.5 Å². The van der Waals surface area contributed by atoms with E-state index in [1.165, 1.54) is 12.1 Å². The molecule has 1 fully saturated rings. The minimum atomic E-state index is -0.242. The zero-order valence-corrected chi connectivity index (χ0v) is 17.2. The molecule has 1 N–H and O–H groups in total. The summed E-state index contributed by atoms with van der Waals surface area (Å²) in [4.78, 5) is 12.7. The molecule has 0 atom stereocenters. The van der Waals surface area contributed by atoms with Gasteiger partial charge in [0.15, 0.2) is 11.5 Å². The van der Waals surface area contributed by atoms with Crippen LogP contribution in [0.1, 0.15) is 36.8 Å². The van der Waals surface area contributed by atoms with Crippen LogP contribution in [0.3, 0.4) is 0 Å². The van der Waals surface area contributed by atoms with Gasteiger partial charge in [-0.05, 0) is 48.2 Å². The predicted molar refractivity (Wildman–Crippen MR) is 109 cm³/mol. The summed E-state index contributed by atoms with van der Waals surface area (Å²) in [7, 11) is 4.64. The molecule has 6 heteroatoms. The Kier molecular flexibility index (Phi) is 6.62. The summed E-state index contributed by atoms with van der Waals surface area (Å²) in [6.07, 6.45) is 4.41. The largest absolute Gasteiger partial charge is 0.493 e. The first-order chi connectivity index (χ1) is 14.0. The lowest BCUT2D eigenvalue weighted by Crippen LogP contribution is -2.39. The molecular formula is C23H28FNO4. The molecule has 2 aromatic carbocycles. The van der Waals surface area contributed by atoms with E-state index in [0.29, 0.717) is 23.8 Å². The molecule has 1 saturated carbocycles. The molecule has 0 spiro atoms. The number of halogens is 1. The molecule has 2 aromatic rings. The third-order valence-corrected chi connectivity index (χ3v) is 5.73. The van der Waals surface area contributed by atoms with E-state index in [-0.39, 0.29) is 23.6 Å². The summed E-state index contributed by atoms with van der Waals surface area (Å²) in [5.41, 5.74) is 1.74. The van der Waals surface area contributed by atoms with E-state index >= 15 is 0 Å². The summed E-state index contributed by atoms with van der Waals surface area (Å²) < 4.78 is 29.4. The summed E-state index contributed by atoms with van der Waals surface area (Å²) >= 11 is 0. The lowest BCUT2D eigenvalue weighted by Gasteiger charge is -2.30. The highest BCUT2D eigenvalue weighted by Gasteiger charge is 2.35. The monoisotopic (exact) mass is 401 g/mol. The number of benzene rings is 2. The molecular weight excluding hydrogens is 373 g/mol. The minimum Gasteiger partial charge on any atom is -0.493 e. The van der Waals surface area contributed by atoms with Crippen molar-refractivity contribution in [1.82, 2.24) is 5.32 Å². The van der Waals surface area contributed by atoms with Crippen molar-refractivity contribution in [2.75, 3.05) is 27.9 Å². The Bertz CT molecular complexity index is 819. The van der Waals surface area contributed by atoms with Gasteiger partial charge in [-0.15, -0.1) is 0 Å². The van der Waals surface area contributed by atoms with Crippen molar-refractivity contribution < 1.29 is 23.4 Å². The van der Waals surface area contributed by atoms with Gasteiger partial charge in [0.1, 0.15) is 5.82 Å². The normalized spacial score (nSPS) is 15.0. The van der Waals surface area contributed by atoms with Gasteiger partial charge in [-0.3, -0.25) is 4.79 Å². The van der Waals surface area contributed by atoms with Crippen molar-refractivity contribution in [2.45, 2.75) is 37.5 Å². The Morgan fingerprint density at radius 1 is 1.00 bits per heavy atom. The highest BCUT2D eigenvalue weighted by molar-refractivity contribution is 5.79. The van der Waals surface area contributed by atoms with Crippen LogP contribution < -0.4 is 19.5 Å². The van der Waals surface area contributed by atoms with Crippen LogP contribution in [0.25, 0.3) is 0 Å². The fraction of sp³-hybridized carbons (Fsp3) is 0.435. The SMILES string of the molecule is COc1cc(CC(=O)NCC2(c3ccc(F)cc3)CCCC2)cc(OC)c1OC. The Morgan fingerprint density at radius 2 is 1.59 bits per heavy atom. The van der Waals surface area contributed by atoms with Gasteiger partial charge >= 0.3 is 0 Å². The van der Waals surface area contributed by atoms with Crippen LogP contribution in [0.5, 0.6) is 17.2 Å². The first-order valence-electron chi connectivity index (χ1n) is 9.83. The number of carbonyl (C=O) groups excluding carboxylic acids is 1. The average Bonchev–Trinajstić information content (AvgIpc) is 3.22. The first kappa shape index (κ1) is 21.0. The van der Waals surface area contributed by atoms with Crippen LogP contribution in [0.15, 0.2) is 36.4 Å². The lowest BCUT2D eigenvalue weighted by molar-refractivity contribution is -0.120. The molecule has 0 heterocycles. The number of amides is 1. The van der Waals surface area contributed by atoms with Gasteiger partial charge in [-0.2, -0.15) is 0 Å². The van der Waals surface area contributed by atoms with Crippen molar-refractivity contribution in [2.24, 2.45) is 0 Å². The maximum atomic E-state index is 13.3. The van der Waals surface area contributed by atoms with Gasteiger partial charge in [0.05, 0.1) is 27.8 Å². The Morgan fingerprint density at radius 3 is 2.10 bits per heavy atom. The molecule has 0 aromatic heterocycles. The van der Waals surface area contributed by atoms with Gasteiger partial charge < -0.3 is 19.5 Å². The van der Waals surface area contributed by atoms with E-state index in [9.17, 15) is 9.18 Å². The number of hydrogen-bond acceptors (Lipinski definition) is 4. The molecule has 1 aliphatic rings. The average molecular weight is 401 g/mol. The molecule has 3 rings (SSSR count). The summed E-state index contributed by atoms with van der Waals surface area (Å²) in [6.45, 7) is 0.544. The molecule has 0 aliphatic heterocycles. The second-order valence-electron chi connectivity index (χ2n) is 7.48. The van der Waals surface area contributed by atoms with Crippen LogP contribution in [-0.4, -0.2) is 33.8 Å². The van der Waals surface area contributed by atoms with Crippen molar-refractivity contribution >= 4 is 5.91 Å². The number of ether oxygens (including phenoxy) is 3. The molecule has 0 bridgehead atoms. The molecule has 5 nitrogen and oxygen atoms in total. The maximum absolute atomic E-state index is 13.3. The maximum Gasteiger partial charge on any atom is 0.224 e. The van der Waals surface area contributed by atoms with Crippen molar-refractivity contribution in [1.29, 1.82) is 0 Å². The number of methoxy groups -OCH3 is 3. The smallest absolute Gasteiger partial charge is 0.224 e. The standard InChI is InChI=1S/C23H28FNO4/c1-27-19-12-16(13-20(28-2)22(19)29-3)14-21(26)25-15-23(10-4-5-11-23)17-6-8-18(24)9-7-17/h6-9,12-13H,4-5,10-11,14-15H2,1-3H3,(H,25,26). The highest BCUT2D eigenvalue weighted by Crippen LogP contribution is 2.41. The Balaban J connectivity index is 1.71. The molecule has 156 valence electrons. The zero-order valence-electron chi connectivity index (χ0n) is 17.2. The quantitative estimate of drug-likeness (QED) is 0.726. The first-order valence-corrected chi connectivity index (χ1v) is 9.83. The van der Waals surface area contributed by atoms with Crippen LogP contribution in [0.2, 0.25) is 0 Å². The van der Waals surface area contributed by atoms with Crippen molar-refractivity contribution in [3.63, 3.8) is 0 Å². The fourth-order valence-electron chi connectivity index (χ4n) is 4.18. The highest BCUT2D eigenvalue weighted by atomic mass is 19.1. The van der Waals surface area contributed by atoms with E-state index in [0.717, 1.165) is 36.8 Å². The number of hydrogen-bond donors (Lipinski definition) is 1. The van der Waals surface area contributed by atoms with Crippen molar-refractivity contribution in [3.8, 4) is 17.2 Å². The van der Waals surface area contributed by atoms with E-state index in [2.05, 4.69) is 5.32 Å². The third kappa shape index (κ3) is 4.63. The number of rotatable bonds is 8. The Labute approximate surface area is 171 Å². The summed E-state index contributed by atoms with van der Waals surface area (Å²) in [5, 5.41) is 3.09. The molecule has 0 radical (unpaired) electrons. The molecule has 29 heavy (non-hydrogen) atoms. The summed E-state index contributed by atoms with van der Waals surface area (Å²) in [5.74, 6) is 1.22. The topological polar surface area (TPSA) is 56.8 Å². The molecule has 1 aliphatic carbocycles. The summed E-state index contributed by atoms with van der Waals surface area (Å²) in [6, 6.07) is 10.2. The molecule has 1 amide bonds. The zero-order chi connectivity index (χ0) is 20.9. The van der Waals surface area contributed by atoms with Gasteiger partial charge in [0, 0.05) is 12.0 Å². The van der Waals surface area contributed by atoms with Gasteiger partial charge in [-0.25, -0.2) is 4.39 Å².